The van der Waals surface area contributed by atoms with E-state index in [0.29, 0.717) is 6.61 Å². The Balaban J connectivity index is 2.22. The third kappa shape index (κ3) is 1.54. The zero-order valence-corrected chi connectivity index (χ0v) is 8.45. The molecule has 0 aliphatic carbocycles. The molecular weight excluding hydrogens is 178 g/mol. The highest BCUT2D eigenvalue weighted by Crippen LogP contribution is 2.28. The van der Waals surface area contributed by atoms with Crippen LogP contribution in [0.2, 0.25) is 0 Å². The van der Waals surface area contributed by atoms with Gasteiger partial charge >= 0.3 is 5.97 Å². The van der Waals surface area contributed by atoms with Crippen molar-refractivity contribution in [3.63, 3.8) is 0 Å². The van der Waals surface area contributed by atoms with Crippen LogP contribution in [0.15, 0.2) is 23.4 Å². The second kappa shape index (κ2) is 3.86. The van der Waals surface area contributed by atoms with Gasteiger partial charge in [0.05, 0.1) is 12.2 Å². The molecule has 2 rings (SSSR count). The van der Waals surface area contributed by atoms with Crippen LogP contribution in [0.3, 0.4) is 0 Å². The average molecular weight is 193 g/mol. The second-order valence-electron chi connectivity index (χ2n) is 3.53. The number of fused-ring (bicyclic) bond motifs is 1. The molecule has 14 heavy (non-hydrogen) atoms. The molecule has 76 valence electrons. The molecule has 0 unspecified atom stereocenters. The van der Waals surface area contributed by atoms with Gasteiger partial charge in [0, 0.05) is 18.8 Å². The van der Waals surface area contributed by atoms with Crippen molar-refractivity contribution in [1.82, 2.24) is 4.90 Å². The molecule has 2 aliphatic rings. The van der Waals surface area contributed by atoms with Gasteiger partial charge in [0.25, 0.3) is 0 Å². The van der Waals surface area contributed by atoms with Crippen molar-refractivity contribution in [2.24, 2.45) is 0 Å². The van der Waals surface area contributed by atoms with Gasteiger partial charge in [-0.05, 0) is 25.8 Å². The van der Waals surface area contributed by atoms with Crippen LogP contribution in [0.5, 0.6) is 0 Å². The smallest absolute Gasteiger partial charge is 0.339 e. The number of hydrogen-bond donors (Lipinski definition) is 0. The Morgan fingerprint density at radius 1 is 1.64 bits per heavy atom. The van der Waals surface area contributed by atoms with Crippen LogP contribution in [-0.4, -0.2) is 30.6 Å². The van der Waals surface area contributed by atoms with E-state index in [1.54, 1.807) is 0 Å². The summed E-state index contributed by atoms with van der Waals surface area (Å²) >= 11 is 0. The third-order valence-corrected chi connectivity index (χ3v) is 2.64. The highest BCUT2D eigenvalue weighted by Gasteiger charge is 2.25. The van der Waals surface area contributed by atoms with E-state index in [1.807, 2.05) is 19.1 Å². The Morgan fingerprint density at radius 2 is 2.50 bits per heavy atom. The molecule has 0 aromatic carbocycles. The summed E-state index contributed by atoms with van der Waals surface area (Å²) in [7, 11) is 0. The summed E-state index contributed by atoms with van der Waals surface area (Å²) in [5.41, 5.74) is 1.93. The number of allylic oxidation sites excluding steroid dienone is 1. The Kier molecular flexibility index (Phi) is 2.57. The van der Waals surface area contributed by atoms with Crippen molar-refractivity contribution in [1.29, 1.82) is 0 Å². The molecule has 0 N–H and O–H groups in total. The minimum Gasteiger partial charge on any atom is -0.462 e. The fourth-order valence-electron chi connectivity index (χ4n) is 2.03. The summed E-state index contributed by atoms with van der Waals surface area (Å²) < 4.78 is 5.01. The van der Waals surface area contributed by atoms with Crippen LogP contribution in [0.1, 0.15) is 19.8 Å². The molecule has 0 aromatic rings. The highest BCUT2D eigenvalue weighted by molar-refractivity contribution is 5.92. The maximum Gasteiger partial charge on any atom is 0.339 e. The normalized spacial score (nSPS) is 19.9. The summed E-state index contributed by atoms with van der Waals surface area (Å²) in [6.45, 7) is 4.30. The maximum atomic E-state index is 11.6. The van der Waals surface area contributed by atoms with Crippen LogP contribution in [-0.2, 0) is 9.53 Å². The second-order valence-corrected chi connectivity index (χ2v) is 3.53. The van der Waals surface area contributed by atoms with Crippen LogP contribution in [0.25, 0.3) is 0 Å². The van der Waals surface area contributed by atoms with Crippen molar-refractivity contribution in [2.45, 2.75) is 19.8 Å². The van der Waals surface area contributed by atoms with E-state index >= 15 is 0 Å². The Morgan fingerprint density at radius 3 is 3.29 bits per heavy atom. The summed E-state index contributed by atoms with van der Waals surface area (Å²) in [5, 5.41) is 0. The van der Waals surface area contributed by atoms with Gasteiger partial charge in [-0.25, -0.2) is 4.79 Å². The Labute approximate surface area is 84.0 Å². The topological polar surface area (TPSA) is 29.5 Å². The maximum absolute atomic E-state index is 11.6. The van der Waals surface area contributed by atoms with Crippen molar-refractivity contribution in [3.05, 3.63) is 23.4 Å². The Hall–Kier alpha value is -1.25. The molecule has 3 nitrogen and oxygen atoms in total. The number of hydrogen-bond acceptors (Lipinski definition) is 3. The zero-order chi connectivity index (χ0) is 9.97. The molecule has 0 spiro atoms. The molecule has 1 saturated heterocycles. The van der Waals surface area contributed by atoms with Crippen molar-refractivity contribution >= 4 is 5.97 Å². The van der Waals surface area contributed by atoms with Crippen molar-refractivity contribution in [2.75, 3.05) is 19.7 Å². The fourth-order valence-corrected chi connectivity index (χ4v) is 2.03. The van der Waals surface area contributed by atoms with Crippen molar-refractivity contribution < 1.29 is 9.53 Å². The molecule has 0 aromatic heterocycles. The molecule has 3 heteroatoms. The van der Waals surface area contributed by atoms with E-state index in [1.165, 1.54) is 5.70 Å². The fraction of sp³-hybridized carbons (Fsp3) is 0.545. The molecule has 2 heterocycles. The lowest BCUT2D eigenvalue weighted by molar-refractivity contribution is -0.138. The van der Waals surface area contributed by atoms with Gasteiger partial charge in [0.1, 0.15) is 0 Å². The molecule has 0 bridgehead atoms. The van der Waals surface area contributed by atoms with Gasteiger partial charge in [-0.2, -0.15) is 0 Å². The zero-order valence-electron chi connectivity index (χ0n) is 8.45. The van der Waals surface area contributed by atoms with E-state index in [2.05, 4.69) is 4.90 Å². The summed E-state index contributed by atoms with van der Waals surface area (Å²) in [4.78, 5) is 13.8. The molecular formula is C11H15NO2. The summed E-state index contributed by atoms with van der Waals surface area (Å²) in [6, 6.07) is 0. The minimum atomic E-state index is -0.176. The van der Waals surface area contributed by atoms with E-state index in [0.717, 1.165) is 31.5 Å². The first-order chi connectivity index (χ1) is 6.83. The summed E-state index contributed by atoms with van der Waals surface area (Å²) in [5.74, 6) is -0.176. The quantitative estimate of drug-likeness (QED) is 0.622. The lowest BCUT2D eigenvalue weighted by Crippen LogP contribution is -2.24. The molecule has 1 fully saturated rings. The first kappa shape index (κ1) is 9.31. The van der Waals surface area contributed by atoms with Gasteiger partial charge in [0.2, 0.25) is 0 Å². The molecule has 2 aliphatic heterocycles. The van der Waals surface area contributed by atoms with Gasteiger partial charge in [0.15, 0.2) is 0 Å². The predicted molar refractivity (Wildman–Crippen MR) is 53.6 cm³/mol. The van der Waals surface area contributed by atoms with Gasteiger partial charge < -0.3 is 9.64 Å². The number of esters is 1. The van der Waals surface area contributed by atoms with Gasteiger partial charge in [-0.1, -0.05) is 6.08 Å². The minimum absolute atomic E-state index is 0.176. The van der Waals surface area contributed by atoms with E-state index in [9.17, 15) is 4.79 Å². The lowest BCUT2D eigenvalue weighted by atomic mass is 10.1. The number of carbonyl (C=O) groups is 1. The molecule has 0 radical (unpaired) electrons. The molecule has 0 saturated carbocycles. The number of carbonyl (C=O) groups excluding carboxylic acids is 1. The van der Waals surface area contributed by atoms with E-state index in [-0.39, 0.29) is 5.97 Å². The van der Waals surface area contributed by atoms with Gasteiger partial charge in [-0.15, -0.1) is 0 Å². The molecule has 0 amide bonds. The van der Waals surface area contributed by atoms with Crippen molar-refractivity contribution in [3.8, 4) is 0 Å². The summed E-state index contributed by atoms with van der Waals surface area (Å²) in [6.07, 6.45) is 6.09. The first-order valence-corrected chi connectivity index (χ1v) is 5.14. The average Bonchev–Trinajstić information content (AvgIpc) is 2.65. The standard InChI is InChI=1S/C11H15NO2/c1-2-14-11(13)9-5-3-7-12-8-4-6-10(9)12/h3,5H,2,4,6-8H2,1H3. The van der Waals surface area contributed by atoms with Gasteiger partial charge in [-0.3, -0.25) is 0 Å². The third-order valence-electron chi connectivity index (χ3n) is 2.64. The number of rotatable bonds is 2. The largest absolute Gasteiger partial charge is 0.462 e. The SMILES string of the molecule is CCOC(=O)C1=C2CCCN2CC=C1. The Bertz CT molecular complexity index is 304. The van der Waals surface area contributed by atoms with E-state index < -0.39 is 0 Å². The number of ether oxygens (including phenoxy) is 1. The lowest BCUT2D eigenvalue weighted by Gasteiger charge is -2.23. The predicted octanol–water partition coefficient (Wildman–Crippen LogP) is 1.47. The first-order valence-electron chi connectivity index (χ1n) is 5.14. The monoisotopic (exact) mass is 193 g/mol. The van der Waals surface area contributed by atoms with Crippen LogP contribution in [0, 0.1) is 0 Å². The molecule has 0 atom stereocenters. The van der Waals surface area contributed by atoms with Crippen LogP contribution < -0.4 is 0 Å². The van der Waals surface area contributed by atoms with E-state index in [4.69, 9.17) is 4.74 Å². The van der Waals surface area contributed by atoms with Crippen LogP contribution >= 0.6 is 0 Å². The highest BCUT2D eigenvalue weighted by atomic mass is 16.5. The van der Waals surface area contributed by atoms with Crippen LogP contribution in [0.4, 0.5) is 0 Å². The number of nitrogens with zero attached hydrogens (tertiary/aromatic N) is 1.